The van der Waals surface area contributed by atoms with Crippen LogP contribution in [0.1, 0.15) is 19.8 Å². The lowest BCUT2D eigenvalue weighted by molar-refractivity contribution is -0.138. The molecule has 0 saturated carbocycles. The Morgan fingerprint density at radius 2 is 1.93 bits per heavy atom. The number of hydrogen-bond donors (Lipinski definition) is 4. The lowest BCUT2D eigenvalue weighted by atomic mass is 10.1. The van der Waals surface area contributed by atoms with Crippen molar-refractivity contribution in [2.45, 2.75) is 25.8 Å². The van der Waals surface area contributed by atoms with Gasteiger partial charge in [0.1, 0.15) is 6.04 Å². The second-order valence-corrected chi connectivity index (χ2v) is 2.44. The summed E-state index contributed by atoms with van der Waals surface area (Å²) in [5.41, 5.74) is 9.68. The molecule has 6 heteroatoms. The number of aliphatic carboxylic acids is 1. The van der Waals surface area contributed by atoms with Crippen LogP contribution in [-0.4, -0.2) is 36.6 Å². The Morgan fingerprint density at radius 3 is 2.29 bits per heavy atom. The van der Waals surface area contributed by atoms with Gasteiger partial charge in [-0.1, -0.05) is 0 Å². The Bertz CT molecular complexity index is 173. The predicted molar refractivity (Wildman–Crippen MR) is 53.6 cm³/mol. The highest BCUT2D eigenvalue weighted by Crippen LogP contribution is 1.93. The number of nitrogens with two attached hydrogens (primary N) is 2. The summed E-state index contributed by atoms with van der Waals surface area (Å²) < 4.78 is 0. The smallest absolute Gasteiger partial charge is 0.320 e. The first-order chi connectivity index (χ1) is 6.57. The molecule has 6 N–H and O–H groups in total. The predicted octanol–water partition coefficient (Wildman–Crippen LogP) is -1.11. The van der Waals surface area contributed by atoms with Gasteiger partial charge in [-0.15, -0.1) is 0 Å². The minimum absolute atomic E-state index is 0.158. The van der Waals surface area contributed by atoms with E-state index in [1.165, 1.54) is 7.05 Å². The van der Waals surface area contributed by atoms with Crippen molar-refractivity contribution in [1.82, 2.24) is 5.32 Å². The Labute approximate surface area is 83.6 Å². The highest BCUT2D eigenvalue weighted by atomic mass is 16.4. The maximum Gasteiger partial charge on any atom is 0.320 e. The third-order valence-corrected chi connectivity index (χ3v) is 1.37. The average molecular weight is 205 g/mol. The summed E-state index contributed by atoms with van der Waals surface area (Å²) in [5, 5.41) is 10.9. The number of carboxylic acid groups (broad SMARTS) is 1. The fourth-order valence-corrected chi connectivity index (χ4v) is 0.696. The van der Waals surface area contributed by atoms with Gasteiger partial charge in [0.2, 0.25) is 5.91 Å². The molecule has 0 aliphatic heterocycles. The van der Waals surface area contributed by atoms with Crippen LogP contribution in [0.2, 0.25) is 0 Å². The largest absolute Gasteiger partial charge is 0.480 e. The molecule has 0 aliphatic carbocycles. The van der Waals surface area contributed by atoms with Gasteiger partial charge < -0.3 is 21.9 Å². The molecule has 0 spiro atoms. The molecule has 0 unspecified atom stereocenters. The summed E-state index contributed by atoms with van der Waals surface area (Å²) in [6, 6.07) is -0.937. The van der Waals surface area contributed by atoms with E-state index in [1.54, 1.807) is 6.92 Å². The van der Waals surface area contributed by atoms with Crippen LogP contribution in [-0.2, 0) is 9.59 Å². The molecule has 0 rings (SSSR count). The highest BCUT2D eigenvalue weighted by Gasteiger charge is 2.12. The fourth-order valence-electron chi connectivity index (χ4n) is 0.696. The first-order valence-electron chi connectivity index (χ1n) is 4.40. The zero-order chi connectivity index (χ0) is 11.6. The van der Waals surface area contributed by atoms with Gasteiger partial charge in [0.05, 0.1) is 0 Å². The van der Waals surface area contributed by atoms with Crippen LogP contribution in [0.15, 0.2) is 0 Å². The molecular weight excluding hydrogens is 186 g/mol. The van der Waals surface area contributed by atoms with Crippen molar-refractivity contribution in [2.75, 3.05) is 13.6 Å². The van der Waals surface area contributed by atoms with Gasteiger partial charge in [-0.3, -0.25) is 9.59 Å². The van der Waals surface area contributed by atoms with Gasteiger partial charge in [-0.25, -0.2) is 0 Å². The lowest BCUT2D eigenvalue weighted by Gasteiger charge is -2.05. The van der Waals surface area contributed by atoms with Gasteiger partial charge in [0, 0.05) is 13.0 Å². The monoisotopic (exact) mass is 205 g/mol. The standard InChI is InChI=1S/C7H14N2O3.CH5N/c1-2-9-6(10)4-3-5(8)7(11)12;1-2/h5H,2-4,8H2,1H3,(H,9,10)(H,11,12);2H2,1H3/t5-;/m0./s1. The molecule has 0 aromatic carbocycles. The first-order valence-corrected chi connectivity index (χ1v) is 4.40. The number of nitrogens with one attached hydrogen (secondary N) is 1. The summed E-state index contributed by atoms with van der Waals surface area (Å²) in [6.45, 7) is 2.36. The second-order valence-electron chi connectivity index (χ2n) is 2.44. The quantitative estimate of drug-likeness (QED) is 0.454. The molecule has 0 saturated heterocycles. The van der Waals surface area contributed by atoms with Crippen LogP contribution in [0.3, 0.4) is 0 Å². The van der Waals surface area contributed by atoms with Crippen LogP contribution in [0.25, 0.3) is 0 Å². The first kappa shape index (κ1) is 15.3. The third kappa shape index (κ3) is 8.95. The molecule has 0 aromatic rings. The summed E-state index contributed by atoms with van der Waals surface area (Å²) in [4.78, 5) is 21.0. The molecule has 0 fully saturated rings. The van der Waals surface area contributed by atoms with Crippen LogP contribution in [0, 0.1) is 0 Å². The molecule has 84 valence electrons. The molecule has 0 aromatic heterocycles. The van der Waals surface area contributed by atoms with Crippen LogP contribution in [0.4, 0.5) is 0 Å². The van der Waals surface area contributed by atoms with E-state index in [9.17, 15) is 9.59 Å². The van der Waals surface area contributed by atoms with Crippen LogP contribution < -0.4 is 16.8 Å². The number of hydrogen-bond acceptors (Lipinski definition) is 4. The van der Waals surface area contributed by atoms with Crippen molar-refractivity contribution in [2.24, 2.45) is 11.5 Å². The Hall–Kier alpha value is -1.14. The topological polar surface area (TPSA) is 118 Å². The van der Waals surface area contributed by atoms with E-state index in [4.69, 9.17) is 10.8 Å². The second kappa shape index (κ2) is 9.94. The zero-order valence-electron chi connectivity index (χ0n) is 8.62. The molecule has 0 radical (unpaired) electrons. The summed E-state index contributed by atoms with van der Waals surface area (Å²) in [5.74, 6) is -1.23. The number of rotatable bonds is 5. The Morgan fingerprint density at radius 1 is 1.43 bits per heavy atom. The third-order valence-electron chi connectivity index (χ3n) is 1.37. The van der Waals surface area contributed by atoms with E-state index in [0.29, 0.717) is 6.54 Å². The molecule has 0 heterocycles. The number of amides is 1. The minimum Gasteiger partial charge on any atom is -0.480 e. The zero-order valence-corrected chi connectivity index (χ0v) is 8.62. The lowest BCUT2D eigenvalue weighted by Crippen LogP contribution is -2.32. The molecule has 6 nitrogen and oxygen atoms in total. The average Bonchev–Trinajstić information content (AvgIpc) is 2.17. The van der Waals surface area contributed by atoms with E-state index in [0.717, 1.165) is 0 Å². The normalized spacial score (nSPS) is 10.9. The van der Waals surface area contributed by atoms with Crippen molar-refractivity contribution in [1.29, 1.82) is 0 Å². The van der Waals surface area contributed by atoms with Crippen molar-refractivity contribution < 1.29 is 14.7 Å². The molecule has 0 aliphatic rings. The van der Waals surface area contributed by atoms with Gasteiger partial charge in [0.25, 0.3) is 0 Å². The molecule has 1 atom stereocenters. The summed E-state index contributed by atoms with van der Waals surface area (Å²) in [7, 11) is 1.50. The molecule has 0 bridgehead atoms. The van der Waals surface area contributed by atoms with Crippen LogP contribution in [0.5, 0.6) is 0 Å². The van der Waals surface area contributed by atoms with Gasteiger partial charge >= 0.3 is 5.97 Å². The summed E-state index contributed by atoms with van der Waals surface area (Å²) in [6.07, 6.45) is 0.350. The maximum absolute atomic E-state index is 10.8. The number of carboxylic acids is 1. The number of carbonyl (C=O) groups is 2. The van der Waals surface area contributed by atoms with Gasteiger partial charge in [0.15, 0.2) is 0 Å². The van der Waals surface area contributed by atoms with E-state index in [1.807, 2.05) is 0 Å². The fraction of sp³-hybridized carbons (Fsp3) is 0.750. The van der Waals surface area contributed by atoms with E-state index in [2.05, 4.69) is 11.1 Å². The number of carbonyl (C=O) groups excluding carboxylic acids is 1. The van der Waals surface area contributed by atoms with Gasteiger partial charge in [-0.2, -0.15) is 0 Å². The molecular formula is C8H19N3O3. The maximum atomic E-state index is 10.8. The van der Waals surface area contributed by atoms with Gasteiger partial charge in [-0.05, 0) is 20.4 Å². The minimum atomic E-state index is -1.07. The van der Waals surface area contributed by atoms with Crippen molar-refractivity contribution in [3.8, 4) is 0 Å². The Kier molecular flexibility index (Phi) is 10.9. The van der Waals surface area contributed by atoms with E-state index < -0.39 is 12.0 Å². The molecule has 14 heavy (non-hydrogen) atoms. The SMILES string of the molecule is CCNC(=O)CC[C@H](N)C(=O)O.CN. The molecule has 1 amide bonds. The van der Waals surface area contributed by atoms with Crippen LogP contribution >= 0.6 is 0 Å². The Balaban J connectivity index is 0. The van der Waals surface area contributed by atoms with E-state index in [-0.39, 0.29) is 18.7 Å². The van der Waals surface area contributed by atoms with Crippen molar-refractivity contribution in [3.05, 3.63) is 0 Å². The van der Waals surface area contributed by atoms with E-state index >= 15 is 0 Å². The highest BCUT2D eigenvalue weighted by molar-refractivity contribution is 5.78. The van der Waals surface area contributed by atoms with Crippen molar-refractivity contribution >= 4 is 11.9 Å². The summed E-state index contributed by atoms with van der Waals surface area (Å²) >= 11 is 0. The van der Waals surface area contributed by atoms with Crippen molar-refractivity contribution in [3.63, 3.8) is 0 Å².